The van der Waals surface area contributed by atoms with Gasteiger partial charge in [0, 0.05) is 0 Å². The predicted octanol–water partition coefficient (Wildman–Crippen LogP) is 1.22. The molecule has 11 heavy (non-hydrogen) atoms. The first kappa shape index (κ1) is 12.7. The molecule has 0 saturated heterocycles. The molecule has 0 radical (unpaired) electrons. The van der Waals surface area contributed by atoms with Crippen LogP contribution in [-0.2, 0) is 0 Å². The molecule has 2 nitrogen and oxygen atoms in total. The number of rotatable bonds is 0. The number of hydrogen-bond donors (Lipinski definition) is 0. The lowest BCUT2D eigenvalue weighted by Crippen LogP contribution is -1.38. The zero-order valence-electron chi connectivity index (χ0n) is 6.03. The van der Waals surface area contributed by atoms with Crippen LogP contribution >= 0.6 is 11.3 Å². The van der Waals surface area contributed by atoms with Crippen LogP contribution in [-0.4, -0.2) is 11.0 Å². The topological polar surface area (TPSA) is 63.0 Å². The van der Waals surface area contributed by atoms with Crippen LogP contribution in [0.5, 0.6) is 0 Å². The van der Waals surface area contributed by atoms with Crippen LogP contribution in [0.3, 0.4) is 0 Å². The van der Waals surface area contributed by atoms with E-state index < -0.39 is 0 Å². The molecule has 0 saturated carbocycles. The first-order valence-corrected chi connectivity index (χ1v) is 3.75. The lowest BCUT2D eigenvalue weighted by molar-refractivity contribution is 0.823. The molecule has 0 atom stereocenters. The van der Waals surface area contributed by atoms with Gasteiger partial charge in [-0.25, -0.2) is 0 Å². The Morgan fingerprint density at radius 3 is 1.36 bits per heavy atom. The molecule has 4 N–H and O–H groups in total. The van der Waals surface area contributed by atoms with Crippen molar-refractivity contribution in [1.82, 2.24) is 0 Å². The van der Waals surface area contributed by atoms with E-state index in [0.717, 1.165) is 0 Å². The summed E-state index contributed by atoms with van der Waals surface area (Å²) in [5.41, 5.74) is 0. The molecule has 0 aromatic carbocycles. The van der Waals surface area contributed by atoms with Gasteiger partial charge in [-0.1, -0.05) is 36.4 Å². The van der Waals surface area contributed by atoms with E-state index in [2.05, 4.69) is 0 Å². The maximum atomic E-state index is 2.04. The Kier molecular flexibility index (Phi) is 10.5. The van der Waals surface area contributed by atoms with E-state index in [9.17, 15) is 0 Å². The fourth-order valence-corrected chi connectivity index (χ4v) is 0.937. The van der Waals surface area contributed by atoms with Crippen LogP contribution in [0.1, 0.15) is 0 Å². The van der Waals surface area contributed by atoms with Crippen LogP contribution in [0.25, 0.3) is 0 Å². The molecular formula is C8H12O2S. The molecule has 0 unspecified atom stereocenters. The van der Waals surface area contributed by atoms with Gasteiger partial charge in [-0.05, 0) is 10.8 Å². The van der Waals surface area contributed by atoms with Crippen LogP contribution < -0.4 is 0 Å². The maximum Gasteiger partial charge on any atom is -0.00937 e. The van der Waals surface area contributed by atoms with E-state index in [-0.39, 0.29) is 11.0 Å². The summed E-state index contributed by atoms with van der Waals surface area (Å²) >= 11 is 1.68. The van der Waals surface area contributed by atoms with Crippen LogP contribution in [0.2, 0.25) is 0 Å². The second kappa shape index (κ2) is 9.10. The van der Waals surface area contributed by atoms with Crippen molar-refractivity contribution >= 4 is 11.3 Å². The van der Waals surface area contributed by atoms with Crippen molar-refractivity contribution in [2.24, 2.45) is 0 Å². The summed E-state index contributed by atoms with van der Waals surface area (Å²) in [6, 6.07) is 12.1. The summed E-state index contributed by atoms with van der Waals surface area (Å²) in [4.78, 5) is 0. The highest BCUT2D eigenvalue weighted by Crippen LogP contribution is 1.88. The summed E-state index contributed by atoms with van der Waals surface area (Å²) in [6.07, 6.45) is 0. The average molecular weight is 172 g/mol. The van der Waals surface area contributed by atoms with Gasteiger partial charge in [-0.2, -0.15) is 11.3 Å². The molecule has 1 heterocycles. The minimum absolute atomic E-state index is 0. The smallest absolute Gasteiger partial charge is 0.00937 e. The standard InChI is InChI=1S/C8H8S.2H2O/c1-2-4-6-8-9-7-5-3-1;;/h1-8H;2*1H2. The minimum atomic E-state index is 0. The average Bonchev–Trinajstić information content (AvgIpc) is 2.00. The van der Waals surface area contributed by atoms with Crippen molar-refractivity contribution in [3.63, 3.8) is 0 Å². The van der Waals surface area contributed by atoms with E-state index in [1.54, 1.807) is 11.3 Å². The summed E-state index contributed by atoms with van der Waals surface area (Å²) < 4.78 is 0. The van der Waals surface area contributed by atoms with Gasteiger partial charge in [0.1, 0.15) is 0 Å². The Bertz CT molecular complexity index is 134. The Morgan fingerprint density at radius 2 is 0.909 bits per heavy atom. The predicted molar refractivity (Wildman–Crippen MR) is 49.2 cm³/mol. The second-order valence-electron chi connectivity index (χ2n) is 1.56. The SMILES string of the molecule is O.O.c1ccccsccc1. The second-order valence-corrected chi connectivity index (χ2v) is 2.38. The molecule has 1 aromatic rings. The quantitative estimate of drug-likeness (QED) is 0.565. The molecule has 1 aromatic heterocycles. The lowest BCUT2D eigenvalue weighted by atomic mass is 10.5. The molecular weight excluding hydrogens is 160 g/mol. The van der Waals surface area contributed by atoms with Crippen molar-refractivity contribution in [3.05, 3.63) is 47.2 Å². The molecule has 0 bridgehead atoms. The van der Waals surface area contributed by atoms with Crippen molar-refractivity contribution in [2.75, 3.05) is 0 Å². The van der Waals surface area contributed by atoms with Gasteiger partial charge < -0.3 is 11.0 Å². The maximum absolute atomic E-state index is 2.04. The zero-order valence-corrected chi connectivity index (χ0v) is 6.84. The fourth-order valence-electron chi connectivity index (χ4n) is 0.483. The monoisotopic (exact) mass is 172 g/mol. The van der Waals surface area contributed by atoms with Crippen molar-refractivity contribution in [1.29, 1.82) is 0 Å². The molecule has 1 rings (SSSR count). The highest BCUT2D eigenvalue weighted by molar-refractivity contribution is 7.07. The van der Waals surface area contributed by atoms with E-state index in [1.807, 2.05) is 47.2 Å². The summed E-state index contributed by atoms with van der Waals surface area (Å²) in [6.45, 7) is 0. The Labute approximate surface area is 70.1 Å². The van der Waals surface area contributed by atoms with Crippen LogP contribution in [0, 0.1) is 0 Å². The Morgan fingerprint density at radius 1 is 0.545 bits per heavy atom. The molecule has 3 heteroatoms. The van der Waals surface area contributed by atoms with E-state index in [4.69, 9.17) is 0 Å². The Hall–Kier alpha value is -0.900. The highest BCUT2D eigenvalue weighted by Gasteiger charge is 1.58. The zero-order chi connectivity index (χ0) is 6.36. The molecule has 0 spiro atoms. The fraction of sp³-hybridized carbons (Fsp3) is 0. The molecule has 0 aliphatic carbocycles. The molecule has 0 aliphatic heterocycles. The van der Waals surface area contributed by atoms with Gasteiger partial charge in [-0.15, -0.1) is 0 Å². The summed E-state index contributed by atoms with van der Waals surface area (Å²) in [5.74, 6) is 0. The van der Waals surface area contributed by atoms with Gasteiger partial charge in [0.2, 0.25) is 0 Å². The Balaban J connectivity index is 0. The van der Waals surface area contributed by atoms with E-state index in [1.165, 1.54) is 0 Å². The summed E-state index contributed by atoms with van der Waals surface area (Å²) in [5, 5.41) is 4.08. The first-order chi connectivity index (χ1) is 4.50. The third-order valence-corrected chi connectivity index (χ3v) is 1.50. The van der Waals surface area contributed by atoms with Crippen LogP contribution in [0.15, 0.2) is 47.2 Å². The molecule has 62 valence electrons. The van der Waals surface area contributed by atoms with Gasteiger partial charge in [0.05, 0.1) is 0 Å². The van der Waals surface area contributed by atoms with Gasteiger partial charge in [0.15, 0.2) is 0 Å². The van der Waals surface area contributed by atoms with E-state index >= 15 is 0 Å². The third kappa shape index (κ3) is 6.99. The largest absolute Gasteiger partial charge is 0.412 e. The lowest BCUT2D eigenvalue weighted by Gasteiger charge is -1.59. The minimum Gasteiger partial charge on any atom is -0.412 e. The molecule has 0 fully saturated rings. The van der Waals surface area contributed by atoms with Crippen LogP contribution in [0.4, 0.5) is 0 Å². The summed E-state index contributed by atoms with van der Waals surface area (Å²) in [7, 11) is 0. The number of hydrogen-bond acceptors (Lipinski definition) is 1. The molecule has 0 amide bonds. The van der Waals surface area contributed by atoms with Gasteiger partial charge >= 0.3 is 0 Å². The van der Waals surface area contributed by atoms with Crippen molar-refractivity contribution in [3.8, 4) is 0 Å². The van der Waals surface area contributed by atoms with E-state index in [0.29, 0.717) is 0 Å². The normalized spacial score (nSPS) is 6.55. The van der Waals surface area contributed by atoms with Crippen molar-refractivity contribution < 1.29 is 11.0 Å². The molecule has 0 aliphatic rings. The van der Waals surface area contributed by atoms with Gasteiger partial charge in [0.25, 0.3) is 0 Å². The van der Waals surface area contributed by atoms with Crippen molar-refractivity contribution in [2.45, 2.75) is 0 Å². The van der Waals surface area contributed by atoms with Gasteiger partial charge in [-0.3, -0.25) is 0 Å². The highest BCUT2D eigenvalue weighted by atomic mass is 32.1. The third-order valence-electron chi connectivity index (χ3n) is 0.870. The first-order valence-electron chi connectivity index (χ1n) is 2.80.